The third kappa shape index (κ3) is 2.98. The molecule has 0 N–H and O–H groups in total. The molecular formula is C17H23I. The minimum Gasteiger partial charge on any atom is -0.0817 e. The van der Waals surface area contributed by atoms with Gasteiger partial charge in [-0.3, -0.25) is 0 Å². The van der Waals surface area contributed by atoms with E-state index in [1.54, 1.807) is 11.1 Å². The molecule has 98 valence electrons. The molecule has 0 heterocycles. The maximum Gasteiger partial charge on any atom is 0.0201 e. The van der Waals surface area contributed by atoms with Crippen molar-refractivity contribution in [3.05, 3.63) is 47.0 Å². The van der Waals surface area contributed by atoms with Gasteiger partial charge in [0, 0.05) is 3.92 Å². The normalized spacial score (nSPS) is 23.2. The zero-order valence-corrected chi connectivity index (χ0v) is 13.8. The van der Waals surface area contributed by atoms with E-state index >= 15 is 0 Å². The number of benzene rings is 1. The zero-order valence-electron chi connectivity index (χ0n) is 11.7. The van der Waals surface area contributed by atoms with Crippen LogP contribution in [0.4, 0.5) is 0 Å². The summed E-state index contributed by atoms with van der Waals surface area (Å²) in [6.45, 7) is 7.19. The van der Waals surface area contributed by atoms with Crippen LogP contribution in [0.25, 0.3) is 0 Å². The summed E-state index contributed by atoms with van der Waals surface area (Å²) >= 11 is 2.64. The molecule has 1 atom stereocenters. The lowest BCUT2D eigenvalue weighted by Crippen LogP contribution is -2.31. The number of hydrogen-bond acceptors (Lipinski definition) is 0. The van der Waals surface area contributed by atoms with Crippen LogP contribution in [-0.4, -0.2) is 3.92 Å². The summed E-state index contributed by atoms with van der Waals surface area (Å²) in [4.78, 5) is 0. The van der Waals surface area contributed by atoms with Gasteiger partial charge < -0.3 is 0 Å². The monoisotopic (exact) mass is 354 g/mol. The van der Waals surface area contributed by atoms with Crippen LogP contribution in [0.2, 0.25) is 0 Å². The zero-order chi connectivity index (χ0) is 13.2. The highest BCUT2D eigenvalue weighted by molar-refractivity contribution is 14.1. The van der Waals surface area contributed by atoms with Gasteiger partial charge in [-0.05, 0) is 43.6 Å². The van der Waals surface area contributed by atoms with Crippen LogP contribution in [0.15, 0.2) is 41.5 Å². The van der Waals surface area contributed by atoms with Gasteiger partial charge in [-0.1, -0.05) is 77.9 Å². The van der Waals surface area contributed by atoms with Crippen LogP contribution < -0.4 is 0 Å². The fourth-order valence-corrected chi connectivity index (χ4v) is 3.73. The molecule has 0 nitrogen and oxygen atoms in total. The fourth-order valence-electron chi connectivity index (χ4n) is 3.04. The van der Waals surface area contributed by atoms with E-state index in [0.717, 1.165) is 3.92 Å². The Bertz CT molecular complexity index is 428. The van der Waals surface area contributed by atoms with Crippen molar-refractivity contribution in [2.24, 2.45) is 5.41 Å². The Kier molecular flexibility index (Phi) is 4.52. The Morgan fingerprint density at radius 2 is 1.83 bits per heavy atom. The standard InChI is InChI=1S/C17H23I/c1-13-9-12-16(18)17(2,3)15(13)11-10-14-7-5-4-6-8-14/h4-8,16H,9-12H2,1-3H3/t16-/m0/s1. The number of hydrogen-bond donors (Lipinski definition) is 0. The molecule has 0 spiro atoms. The van der Waals surface area contributed by atoms with Crippen molar-refractivity contribution >= 4 is 22.6 Å². The first-order valence-electron chi connectivity index (χ1n) is 6.89. The summed E-state index contributed by atoms with van der Waals surface area (Å²) in [6, 6.07) is 10.9. The fraction of sp³-hybridized carbons (Fsp3) is 0.529. The predicted octanol–water partition coefficient (Wildman–Crippen LogP) is 5.56. The van der Waals surface area contributed by atoms with E-state index < -0.39 is 0 Å². The van der Waals surface area contributed by atoms with E-state index in [1.807, 2.05) is 0 Å². The van der Waals surface area contributed by atoms with Gasteiger partial charge in [0.05, 0.1) is 0 Å². The van der Waals surface area contributed by atoms with Crippen molar-refractivity contribution in [1.82, 2.24) is 0 Å². The highest BCUT2D eigenvalue weighted by Crippen LogP contribution is 2.46. The smallest absolute Gasteiger partial charge is 0.0201 e. The molecule has 1 aliphatic rings. The summed E-state index contributed by atoms with van der Waals surface area (Å²) < 4.78 is 0.782. The van der Waals surface area contributed by atoms with E-state index in [2.05, 4.69) is 73.7 Å². The maximum absolute atomic E-state index is 2.64. The molecule has 0 aliphatic heterocycles. The molecule has 0 fully saturated rings. The van der Waals surface area contributed by atoms with Crippen LogP contribution in [0.1, 0.15) is 45.6 Å². The lowest BCUT2D eigenvalue weighted by atomic mass is 9.71. The van der Waals surface area contributed by atoms with Gasteiger partial charge >= 0.3 is 0 Å². The highest BCUT2D eigenvalue weighted by atomic mass is 127. The third-order valence-electron chi connectivity index (χ3n) is 4.36. The number of rotatable bonds is 3. The Labute approximate surface area is 125 Å². The Morgan fingerprint density at radius 1 is 1.17 bits per heavy atom. The predicted molar refractivity (Wildman–Crippen MR) is 88.3 cm³/mol. The molecule has 18 heavy (non-hydrogen) atoms. The molecule has 0 unspecified atom stereocenters. The van der Waals surface area contributed by atoms with E-state index in [4.69, 9.17) is 0 Å². The van der Waals surface area contributed by atoms with E-state index in [-0.39, 0.29) is 0 Å². The molecule has 1 heteroatoms. The second kappa shape index (κ2) is 5.77. The average Bonchev–Trinajstić information content (AvgIpc) is 2.35. The summed E-state index contributed by atoms with van der Waals surface area (Å²) in [5.74, 6) is 0. The molecule has 0 saturated carbocycles. The van der Waals surface area contributed by atoms with Gasteiger partial charge in [0.2, 0.25) is 0 Å². The van der Waals surface area contributed by atoms with Crippen molar-refractivity contribution < 1.29 is 0 Å². The number of alkyl halides is 1. The van der Waals surface area contributed by atoms with Crippen LogP contribution in [-0.2, 0) is 6.42 Å². The average molecular weight is 354 g/mol. The molecule has 2 rings (SSSR count). The van der Waals surface area contributed by atoms with Crippen molar-refractivity contribution in [1.29, 1.82) is 0 Å². The third-order valence-corrected chi connectivity index (χ3v) is 6.54. The van der Waals surface area contributed by atoms with Crippen molar-refractivity contribution in [2.75, 3.05) is 0 Å². The van der Waals surface area contributed by atoms with Crippen molar-refractivity contribution in [3.63, 3.8) is 0 Å². The van der Waals surface area contributed by atoms with Gasteiger partial charge in [0.1, 0.15) is 0 Å². The molecule has 1 aromatic carbocycles. The topological polar surface area (TPSA) is 0 Å². The number of aryl methyl sites for hydroxylation is 1. The summed E-state index contributed by atoms with van der Waals surface area (Å²) in [5.41, 5.74) is 5.18. The van der Waals surface area contributed by atoms with Crippen molar-refractivity contribution in [3.8, 4) is 0 Å². The Balaban J connectivity index is 2.12. The van der Waals surface area contributed by atoms with Gasteiger partial charge in [0.15, 0.2) is 0 Å². The molecular weight excluding hydrogens is 331 g/mol. The molecule has 0 aromatic heterocycles. The first-order chi connectivity index (χ1) is 8.51. The minimum atomic E-state index is 0.373. The quantitative estimate of drug-likeness (QED) is 0.379. The lowest BCUT2D eigenvalue weighted by Gasteiger charge is -2.39. The van der Waals surface area contributed by atoms with Gasteiger partial charge in [0.25, 0.3) is 0 Å². The highest BCUT2D eigenvalue weighted by Gasteiger charge is 2.35. The first-order valence-corrected chi connectivity index (χ1v) is 8.13. The first kappa shape index (κ1) is 14.1. The van der Waals surface area contributed by atoms with Crippen LogP contribution in [0.5, 0.6) is 0 Å². The second-order valence-electron chi connectivity index (χ2n) is 5.97. The maximum atomic E-state index is 2.64. The van der Waals surface area contributed by atoms with Crippen LogP contribution in [0.3, 0.4) is 0 Å². The largest absolute Gasteiger partial charge is 0.0817 e. The summed E-state index contributed by atoms with van der Waals surface area (Å²) in [5, 5.41) is 0. The molecule has 0 radical (unpaired) electrons. The van der Waals surface area contributed by atoms with E-state index in [9.17, 15) is 0 Å². The van der Waals surface area contributed by atoms with E-state index in [1.165, 1.54) is 31.2 Å². The number of halogens is 1. The summed E-state index contributed by atoms with van der Waals surface area (Å²) in [6.07, 6.45) is 5.04. The Hall–Kier alpha value is -0.310. The molecule has 1 aliphatic carbocycles. The van der Waals surface area contributed by atoms with Gasteiger partial charge in [-0.15, -0.1) is 0 Å². The molecule has 0 bridgehead atoms. The SMILES string of the molecule is CC1=C(CCc2ccccc2)C(C)(C)[C@@H](I)CC1. The van der Waals surface area contributed by atoms with Crippen LogP contribution in [0, 0.1) is 5.41 Å². The number of allylic oxidation sites excluding steroid dienone is 2. The molecule has 0 saturated heterocycles. The van der Waals surface area contributed by atoms with E-state index in [0.29, 0.717) is 5.41 Å². The van der Waals surface area contributed by atoms with Gasteiger partial charge in [-0.25, -0.2) is 0 Å². The lowest BCUT2D eigenvalue weighted by molar-refractivity contribution is 0.380. The van der Waals surface area contributed by atoms with Crippen molar-refractivity contribution in [2.45, 2.75) is 50.4 Å². The van der Waals surface area contributed by atoms with Crippen LogP contribution >= 0.6 is 22.6 Å². The second-order valence-corrected chi connectivity index (χ2v) is 7.48. The summed E-state index contributed by atoms with van der Waals surface area (Å²) in [7, 11) is 0. The molecule has 1 aromatic rings. The van der Waals surface area contributed by atoms with Gasteiger partial charge in [-0.2, -0.15) is 0 Å². The Morgan fingerprint density at radius 3 is 2.50 bits per heavy atom. The molecule has 0 amide bonds. The minimum absolute atomic E-state index is 0.373.